The molecule has 1 aliphatic heterocycles. The topological polar surface area (TPSA) is 92.7 Å². The molecule has 8 heteroatoms. The van der Waals surface area contributed by atoms with Crippen LogP contribution < -0.4 is 18.9 Å². The van der Waals surface area contributed by atoms with Gasteiger partial charge in [0.05, 0.1) is 10.1 Å². The van der Waals surface area contributed by atoms with E-state index in [1.807, 2.05) is 0 Å². The van der Waals surface area contributed by atoms with Crippen LogP contribution in [0.25, 0.3) is 0 Å². The van der Waals surface area contributed by atoms with Gasteiger partial charge < -0.3 is 14.0 Å². The molecule has 13 heavy (non-hydrogen) atoms. The van der Waals surface area contributed by atoms with Crippen molar-refractivity contribution in [2.24, 2.45) is 0 Å². The number of cyclic esters (lactones) is 2. The molecule has 1 atom stereocenters. The minimum absolute atomic E-state index is 0. The van der Waals surface area contributed by atoms with Gasteiger partial charge in [-0.05, 0) is 0 Å². The van der Waals surface area contributed by atoms with Gasteiger partial charge in [-0.15, -0.1) is 0 Å². The molecule has 0 aromatic carbocycles. The first-order valence-corrected chi connectivity index (χ1v) is 4.82. The predicted octanol–water partition coefficient (Wildman–Crippen LogP) is -3.54. The monoisotopic (exact) mass is 202 g/mol. The molecule has 1 saturated heterocycles. The minimum Gasteiger partial charge on any atom is -0.748 e. The van der Waals surface area contributed by atoms with Crippen molar-refractivity contribution in [3.8, 4) is 0 Å². The van der Waals surface area contributed by atoms with Gasteiger partial charge in [0.15, 0.2) is 0 Å². The maximum Gasteiger partial charge on any atom is 1.00 e. The largest absolute Gasteiger partial charge is 1.00 e. The average Bonchev–Trinajstić information content (AvgIpc) is 2.30. The van der Waals surface area contributed by atoms with Crippen molar-refractivity contribution in [3.05, 3.63) is 0 Å². The molecule has 1 fully saturated rings. The van der Waals surface area contributed by atoms with Crippen LogP contribution in [0.2, 0.25) is 0 Å². The first-order valence-electron chi connectivity index (χ1n) is 3.24. The molecule has 1 rings (SSSR count). The summed E-state index contributed by atoms with van der Waals surface area (Å²) in [6, 6.07) is 0. The molecular weight excluding hydrogens is 195 g/mol. The summed E-state index contributed by atoms with van der Waals surface area (Å²) < 4.78 is 39.3. The molecule has 0 aromatic rings. The summed E-state index contributed by atoms with van der Waals surface area (Å²) in [4.78, 5) is 10.3. The van der Waals surface area contributed by atoms with E-state index in [1.54, 1.807) is 0 Å². The van der Waals surface area contributed by atoms with Crippen LogP contribution in [0.5, 0.6) is 0 Å². The number of hydrogen-bond acceptors (Lipinski definition) is 6. The van der Waals surface area contributed by atoms with Crippen molar-refractivity contribution in [1.29, 1.82) is 0 Å². The van der Waals surface area contributed by atoms with Crippen LogP contribution >= 0.6 is 0 Å². The quantitative estimate of drug-likeness (QED) is 0.267. The molecule has 0 saturated carbocycles. The first-order chi connectivity index (χ1) is 5.47. The van der Waals surface area contributed by atoms with E-state index in [0.29, 0.717) is 0 Å². The first kappa shape index (κ1) is 12.8. The van der Waals surface area contributed by atoms with Crippen LogP contribution in [-0.2, 0) is 19.6 Å². The van der Waals surface area contributed by atoms with Crippen molar-refractivity contribution in [2.45, 2.75) is 12.5 Å². The van der Waals surface area contributed by atoms with Crippen LogP contribution in [0, 0.1) is 0 Å². The summed E-state index contributed by atoms with van der Waals surface area (Å²) in [7, 11) is -4.23. The van der Waals surface area contributed by atoms with Crippen molar-refractivity contribution < 1.29 is 46.1 Å². The Labute approximate surface area is 87.5 Å². The third-order valence-electron chi connectivity index (χ3n) is 1.34. The van der Waals surface area contributed by atoms with E-state index in [0.717, 1.165) is 0 Å². The molecule has 0 spiro atoms. The third-order valence-corrected chi connectivity index (χ3v) is 2.08. The van der Waals surface area contributed by atoms with Gasteiger partial charge in [0, 0.05) is 12.2 Å². The van der Waals surface area contributed by atoms with Crippen molar-refractivity contribution >= 4 is 16.3 Å². The Bertz CT molecular complexity index is 273. The molecule has 1 aliphatic rings. The standard InChI is InChI=1S/C5H8O6S.Li/c6-5-10-3-4(11-5)1-2-12(7,8)9;/h4H,1-3H2,(H,7,8,9);/q;+1/p-1. The van der Waals surface area contributed by atoms with Gasteiger partial charge in [-0.25, -0.2) is 13.2 Å². The van der Waals surface area contributed by atoms with Gasteiger partial charge in [0.25, 0.3) is 0 Å². The summed E-state index contributed by atoms with van der Waals surface area (Å²) >= 11 is 0. The van der Waals surface area contributed by atoms with Crippen LogP contribution in [0.15, 0.2) is 0 Å². The summed E-state index contributed by atoms with van der Waals surface area (Å²) in [6.45, 7) is 0.0222. The van der Waals surface area contributed by atoms with Gasteiger partial charge in [-0.1, -0.05) is 0 Å². The van der Waals surface area contributed by atoms with Gasteiger partial charge in [-0.3, -0.25) is 0 Å². The SMILES string of the molecule is O=C1OCC(CCS(=O)(=O)[O-])O1.[Li+]. The molecule has 0 radical (unpaired) electrons. The fourth-order valence-electron chi connectivity index (χ4n) is 0.783. The van der Waals surface area contributed by atoms with E-state index in [9.17, 15) is 17.8 Å². The Balaban J connectivity index is 0.00000144. The van der Waals surface area contributed by atoms with Gasteiger partial charge in [0.1, 0.15) is 12.7 Å². The van der Waals surface area contributed by atoms with E-state index >= 15 is 0 Å². The zero-order valence-corrected chi connectivity index (χ0v) is 7.87. The number of ether oxygens (including phenoxy) is 2. The van der Waals surface area contributed by atoms with Crippen LogP contribution in [0.3, 0.4) is 0 Å². The average molecular weight is 202 g/mol. The number of hydrogen-bond donors (Lipinski definition) is 0. The van der Waals surface area contributed by atoms with Crippen LogP contribution in [0.4, 0.5) is 4.79 Å². The smallest absolute Gasteiger partial charge is 0.748 e. The molecule has 1 heterocycles. The Morgan fingerprint density at radius 2 is 2.15 bits per heavy atom. The fraction of sp³-hybridized carbons (Fsp3) is 0.800. The number of rotatable bonds is 3. The molecule has 6 nitrogen and oxygen atoms in total. The summed E-state index contributed by atoms with van der Waals surface area (Å²) in [5.41, 5.74) is 0. The van der Waals surface area contributed by atoms with Crippen molar-refractivity contribution in [1.82, 2.24) is 0 Å². The maximum absolute atomic E-state index is 10.3. The molecular formula is C5H7LiO6S. The number of carbonyl (C=O) groups excluding carboxylic acids is 1. The second kappa shape index (κ2) is 4.86. The molecule has 1 unspecified atom stereocenters. The Kier molecular flexibility index (Phi) is 4.78. The molecule has 0 bridgehead atoms. The van der Waals surface area contributed by atoms with E-state index in [4.69, 9.17) is 0 Å². The normalized spacial score (nSPS) is 21.6. The zero-order valence-electron chi connectivity index (χ0n) is 7.06. The van der Waals surface area contributed by atoms with E-state index < -0.39 is 28.1 Å². The second-order valence-corrected chi connectivity index (χ2v) is 3.87. The summed E-state index contributed by atoms with van der Waals surface area (Å²) in [6.07, 6.45) is -1.41. The molecule has 70 valence electrons. The van der Waals surface area contributed by atoms with Crippen LogP contribution in [0.1, 0.15) is 6.42 Å². The van der Waals surface area contributed by atoms with Gasteiger partial charge >= 0.3 is 25.0 Å². The Hall–Kier alpha value is -0.223. The molecule has 0 N–H and O–H groups in total. The van der Waals surface area contributed by atoms with Gasteiger partial charge in [0.2, 0.25) is 0 Å². The summed E-state index contributed by atoms with van der Waals surface area (Å²) in [5, 5.41) is 0. The maximum atomic E-state index is 10.3. The minimum atomic E-state index is -4.23. The van der Waals surface area contributed by atoms with Gasteiger partial charge in [-0.2, -0.15) is 0 Å². The van der Waals surface area contributed by atoms with E-state index in [-0.39, 0.29) is 31.9 Å². The fourth-order valence-corrected chi connectivity index (χ4v) is 1.33. The molecule has 0 amide bonds. The third kappa shape index (κ3) is 5.16. The van der Waals surface area contributed by atoms with Crippen molar-refractivity contribution in [3.63, 3.8) is 0 Å². The predicted molar refractivity (Wildman–Crippen MR) is 35.4 cm³/mol. The zero-order chi connectivity index (χ0) is 9.19. The Morgan fingerprint density at radius 1 is 1.54 bits per heavy atom. The number of carbonyl (C=O) groups is 1. The van der Waals surface area contributed by atoms with Crippen molar-refractivity contribution in [2.75, 3.05) is 12.4 Å². The van der Waals surface area contributed by atoms with Crippen LogP contribution in [-0.4, -0.2) is 37.6 Å². The second-order valence-electron chi connectivity index (χ2n) is 2.35. The van der Waals surface area contributed by atoms with E-state index in [2.05, 4.69) is 9.47 Å². The summed E-state index contributed by atoms with van der Waals surface area (Å²) in [5.74, 6) is -0.533. The molecule has 0 aliphatic carbocycles. The Morgan fingerprint density at radius 3 is 2.54 bits per heavy atom. The molecule has 0 aromatic heterocycles. The van der Waals surface area contributed by atoms with E-state index in [1.165, 1.54) is 0 Å².